The topological polar surface area (TPSA) is 75.9 Å². The minimum Gasteiger partial charge on any atom is -0.367 e. The number of hydrazine groups is 1. The van der Waals surface area contributed by atoms with Gasteiger partial charge in [0.1, 0.15) is 17.5 Å². The summed E-state index contributed by atoms with van der Waals surface area (Å²) in [5, 5.41) is 3.31. The van der Waals surface area contributed by atoms with Crippen molar-refractivity contribution in [2.24, 2.45) is 11.8 Å². The van der Waals surface area contributed by atoms with Crippen LogP contribution in [-0.2, 0) is 0 Å². The first-order valence-electron chi connectivity index (χ1n) is 5.11. The molecule has 0 radical (unpaired) electrons. The fourth-order valence-corrected chi connectivity index (χ4v) is 1.12. The Kier molecular flexibility index (Phi) is 3.85. The Balaban J connectivity index is 2.80. The third-order valence-corrected chi connectivity index (χ3v) is 2.36. The third kappa shape index (κ3) is 3.36. The van der Waals surface area contributed by atoms with E-state index in [4.69, 9.17) is 5.84 Å². The standard InChI is InChI=1S/C10H19N5/c1-6(2)7(3)12-9-5-10(15-11)14-8(4)13-9/h5-7H,11H2,1-4H3,(H2,12,13,14,15). The molecule has 1 rings (SSSR count). The van der Waals surface area contributed by atoms with E-state index < -0.39 is 0 Å². The van der Waals surface area contributed by atoms with Gasteiger partial charge in [-0.05, 0) is 19.8 Å². The number of nitrogens with zero attached hydrogens (tertiary/aromatic N) is 2. The van der Waals surface area contributed by atoms with E-state index >= 15 is 0 Å². The zero-order chi connectivity index (χ0) is 11.4. The molecular weight excluding hydrogens is 190 g/mol. The Hall–Kier alpha value is -1.36. The Morgan fingerprint density at radius 3 is 2.33 bits per heavy atom. The summed E-state index contributed by atoms with van der Waals surface area (Å²) in [6, 6.07) is 2.16. The number of aromatic nitrogens is 2. The first-order chi connectivity index (χ1) is 7.02. The van der Waals surface area contributed by atoms with Crippen LogP contribution in [-0.4, -0.2) is 16.0 Å². The van der Waals surface area contributed by atoms with Crippen molar-refractivity contribution in [3.8, 4) is 0 Å². The van der Waals surface area contributed by atoms with Crippen LogP contribution in [0.15, 0.2) is 6.07 Å². The van der Waals surface area contributed by atoms with E-state index in [9.17, 15) is 0 Å². The summed E-state index contributed by atoms with van der Waals surface area (Å²) in [5.41, 5.74) is 2.52. The normalized spacial score (nSPS) is 12.7. The lowest BCUT2D eigenvalue weighted by atomic mass is 10.1. The predicted molar refractivity (Wildman–Crippen MR) is 62.5 cm³/mol. The van der Waals surface area contributed by atoms with E-state index in [-0.39, 0.29) is 0 Å². The van der Waals surface area contributed by atoms with Gasteiger partial charge in [-0.2, -0.15) is 0 Å². The monoisotopic (exact) mass is 209 g/mol. The van der Waals surface area contributed by atoms with Crippen molar-refractivity contribution in [3.05, 3.63) is 11.9 Å². The van der Waals surface area contributed by atoms with Crippen molar-refractivity contribution in [3.63, 3.8) is 0 Å². The summed E-state index contributed by atoms with van der Waals surface area (Å²) in [7, 11) is 0. The van der Waals surface area contributed by atoms with Crippen molar-refractivity contribution in [1.82, 2.24) is 9.97 Å². The van der Waals surface area contributed by atoms with Crippen LogP contribution in [0.2, 0.25) is 0 Å². The number of rotatable bonds is 4. The number of hydrogen-bond acceptors (Lipinski definition) is 5. The van der Waals surface area contributed by atoms with Gasteiger partial charge in [0.05, 0.1) is 0 Å². The van der Waals surface area contributed by atoms with Gasteiger partial charge in [-0.1, -0.05) is 13.8 Å². The smallest absolute Gasteiger partial charge is 0.145 e. The largest absolute Gasteiger partial charge is 0.367 e. The van der Waals surface area contributed by atoms with Gasteiger partial charge in [0.25, 0.3) is 0 Å². The van der Waals surface area contributed by atoms with Crippen LogP contribution >= 0.6 is 0 Å². The van der Waals surface area contributed by atoms with Gasteiger partial charge >= 0.3 is 0 Å². The zero-order valence-electron chi connectivity index (χ0n) is 9.70. The summed E-state index contributed by atoms with van der Waals surface area (Å²) >= 11 is 0. The Labute approximate surface area is 90.5 Å². The molecule has 0 aromatic carbocycles. The van der Waals surface area contributed by atoms with Gasteiger partial charge in [0.15, 0.2) is 0 Å². The summed E-state index contributed by atoms with van der Waals surface area (Å²) < 4.78 is 0. The average Bonchev–Trinajstić information content (AvgIpc) is 2.16. The quantitative estimate of drug-likeness (QED) is 0.518. The predicted octanol–water partition coefficient (Wildman–Crippen LogP) is 1.53. The highest BCUT2D eigenvalue weighted by Crippen LogP contribution is 2.13. The molecular formula is C10H19N5. The SMILES string of the molecule is Cc1nc(NN)cc(NC(C)C(C)C)n1. The van der Waals surface area contributed by atoms with Crippen molar-refractivity contribution < 1.29 is 0 Å². The Bertz CT molecular complexity index is 324. The fraction of sp³-hybridized carbons (Fsp3) is 0.600. The second kappa shape index (κ2) is 4.93. The van der Waals surface area contributed by atoms with Crippen LogP contribution in [0.3, 0.4) is 0 Å². The number of nitrogens with one attached hydrogen (secondary N) is 2. The van der Waals surface area contributed by atoms with Crippen LogP contribution in [0.5, 0.6) is 0 Å². The van der Waals surface area contributed by atoms with Gasteiger partial charge < -0.3 is 10.7 Å². The number of hydrogen-bond donors (Lipinski definition) is 3. The molecule has 0 aliphatic rings. The van der Waals surface area contributed by atoms with Crippen molar-refractivity contribution >= 4 is 11.6 Å². The van der Waals surface area contributed by atoms with E-state index in [2.05, 4.69) is 41.5 Å². The van der Waals surface area contributed by atoms with E-state index in [1.807, 2.05) is 6.92 Å². The molecule has 1 unspecified atom stereocenters. The van der Waals surface area contributed by atoms with Crippen LogP contribution in [0.4, 0.5) is 11.6 Å². The summed E-state index contributed by atoms with van der Waals surface area (Å²) in [6.07, 6.45) is 0. The lowest BCUT2D eigenvalue weighted by Gasteiger charge is -2.18. The highest BCUT2D eigenvalue weighted by atomic mass is 15.3. The molecule has 1 aromatic heterocycles. The third-order valence-electron chi connectivity index (χ3n) is 2.36. The molecule has 0 bridgehead atoms. The molecule has 0 aliphatic carbocycles. The molecule has 1 atom stereocenters. The maximum absolute atomic E-state index is 5.31. The molecule has 0 saturated carbocycles. The minimum atomic E-state index is 0.366. The van der Waals surface area contributed by atoms with Gasteiger partial charge in [0, 0.05) is 12.1 Å². The number of nitrogens with two attached hydrogens (primary N) is 1. The zero-order valence-corrected chi connectivity index (χ0v) is 9.70. The Morgan fingerprint density at radius 2 is 1.80 bits per heavy atom. The molecule has 0 aliphatic heterocycles. The van der Waals surface area contributed by atoms with Crippen LogP contribution in [0, 0.1) is 12.8 Å². The molecule has 1 heterocycles. The van der Waals surface area contributed by atoms with Crippen LogP contribution in [0.25, 0.3) is 0 Å². The van der Waals surface area contributed by atoms with E-state index in [0.717, 1.165) is 5.82 Å². The van der Waals surface area contributed by atoms with Crippen LogP contribution < -0.4 is 16.6 Å². The maximum atomic E-state index is 5.31. The maximum Gasteiger partial charge on any atom is 0.145 e. The summed E-state index contributed by atoms with van der Waals surface area (Å²) in [5.74, 6) is 7.99. The number of anilines is 2. The highest BCUT2D eigenvalue weighted by molar-refractivity contribution is 5.47. The highest BCUT2D eigenvalue weighted by Gasteiger charge is 2.08. The van der Waals surface area contributed by atoms with E-state index in [0.29, 0.717) is 23.6 Å². The molecule has 0 spiro atoms. The molecule has 5 nitrogen and oxygen atoms in total. The second-order valence-corrected chi connectivity index (χ2v) is 4.01. The molecule has 84 valence electrons. The summed E-state index contributed by atoms with van der Waals surface area (Å²) in [6.45, 7) is 8.28. The molecule has 5 heteroatoms. The first kappa shape index (κ1) is 11.7. The molecule has 1 aromatic rings. The van der Waals surface area contributed by atoms with Gasteiger partial charge in [0.2, 0.25) is 0 Å². The Morgan fingerprint density at radius 1 is 1.20 bits per heavy atom. The number of aryl methyl sites for hydroxylation is 1. The van der Waals surface area contributed by atoms with Crippen molar-refractivity contribution in [1.29, 1.82) is 0 Å². The molecule has 0 fully saturated rings. The number of nitrogen functional groups attached to an aromatic ring is 1. The molecule has 15 heavy (non-hydrogen) atoms. The lowest BCUT2D eigenvalue weighted by molar-refractivity contribution is 0.558. The van der Waals surface area contributed by atoms with Gasteiger partial charge in [-0.25, -0.2) is 15.8 Å². The average molecular weight is 209 g/mol. The van der Waals surface area contributed by atoms with Gasteiger partial charge in [-0.15, -0.1) is 0 Å². The lowest BCUT2D eigenvalue weighted by Crippen LogP contribution is -2.22. The van der Waals surface area contributed by atoms with Gasteiger partial charge in [-0.3, -0.25) is 0 Å². The molecule has 0 amide bonds. The van der Waals surface area contributed by atoms with Crippen molar-refractivity contribution in [2.45, 2.75) is 33.7 Å². The summed E-state index contributed by atoms with van der Waals surface area (Å²) in [4.78, 5) is 8.40. The van der Waals surface area contributed by atoms with E-state index in [1.54, 1.807) is 6.07 Å². The van der Waals surface area contributed by atoms with E-state index in [1.165, 1.54) is 0 Å². The van der Waals surface area contributed by atoms with Crippen LogP contribution in [0.1, 0.15) is 26.6 Å². The minimum absolute atomic E-state index is 0.366. The second-order valence-electron chi connectivity index (χ2n) is 4.01. The molecule has 0 saturated heterocycles. The van der Waals surface area contributed by atoms with Crippen molar-refractivity contribution in [2.75, 3.05) is 10.7 Å². The first-order valence-corrected chi connectivity index (χ1v) is 5.11. The molecule has 4 N–H and O–H groups in total. The fourth-order valence-electron chi connectivity index (χ4n) is 1.12.